The summed E-state index contributed by atoms with van der Waals surface area (Å²) in [5.41, 5.74) is -2.38. The number of likely N-dealkylation sites (tertiary alicyclic amines) is 1. The van der Waals surface area contributed by atoms with E-state index in [2.05, 4.69) is 0 Å². The van der Waals surface area contributed by atoms with Gasteiger partial charge in [-0.1, -0.05) is 18.2 Å². The fraction of sp³-hybridized carbons (Fsp3) is 0.529. The number of nitro groups is 1. The van der Waals surface area contributed by atoms with Gasteiger partial charge in [0.15, 0.2) is 0 Å². The first-order valence-electron chi connectivity index (χ1n) is 8.02. The van der Waals surface area contributed by atoms with Crippen LogP contribution < -0.4 is 0 Å². The number of carbonyl (C=O) groups excluding carboxylic acids is 1. The second kappa shape index (κ2) is 6.79. The van der Waals surface area contributed by atoms with Crippen LogP contribution in [0.2, 0.25) is 0 Å². The summed E-state index contributed by atoms with van der Waals surface area (Å²) in [5.74, 6) is -2.12. The van der Waals surface area contributed by atoms with E-state index in [9.17, 15) is 24.8 Å². The Morgan fingerprint density at radius 1 is 1.36 bits per heavy atom. The molecule has 0 aliphatic carbocycles. The Balaban J connectivity index is 2.38. The van der Waals surface area contributed by atoms with Crippen LogP contribution in [0.5, 0.6) is 0 Å². The van der Waals surface area contributed by atoms with Gasteiger partial charge in [0.05, 0.1) is 4.92 Å². The summed E-state index contributed by atoms with van der Waals surface area (Å²) < 4.78 is 5.34. The van der Waals surface area contributed by atoms with Crippen molar-refractivity contribution < 1.29 is 24.4 Å². The first-order chi connectivity index (χ1) is 11.6. The highest BCUT2D eigenvalue weighted by molar-refractivity contribution is 6.04. The molecule has 1 aromatic rings. The monoisotopic (exact) mass is 350 g/mol. The smallest absolute Gasteiger partial charge is 0.338 e. The number of nitrogens with zero attached hydrogens (tertiary/aromatic N) is 2. The fourth-order valence-electron chi connectivity index (χ4n) is 3.04. The number of carboxylic acid groups (broad SMARTS) is 1. The molecule has 1 aliphatic heterocycles. The number of rotatable bonds is 5. The molecule has 1 atom stereocenters. The van der Waals surface area contributed by atoms with E-state index in [1.54, 1.807) is 39.0 Å². The molecule has 1 fully saturated rings. The van der Waals surface area contributed by atoms with E-state index in [0.717, 1.165) is 0 Å². The van der Waals surface area contributed by atoms with Crippen molar-refractivity contribution in [2.45, 2.75) is 51.3 Å². The molecule has 1 aliphatic rings. The van der Waals surface area contributed by atoms with Crippen molar-refractivity contribution in [2.75, 3.05) is 6.54 Å². The van der Waals surface area contributed by atoms with E-state index < -0.39 is 28.0 Å². The van der Waals surface area contributed by atoms with Crippen molar-refractivity contribution in [3.63, 3.8) is 0 Å². The minimum Gasteiger partial charge on any atom is -0.479 e. The molecule has 0 bridgehead atoms. The number of aliphatic carboxylic acids is 1. The highest BCUT2D eigenvalue weighted by Gasteiger charge is 2.56. The summed E-state index contributed by atoms with van der Waals surface area (Å²) >= 11 is 0. The summed E-state index contributed by atoms with van der Waals surface area (Å²) in [6.45, 7) is 5.34. The lowest BCUT2D eigenvalue weighted by Crippen LogP contribution is -2.58. The Hall–Kier alpha value is -2.48. The molecular weight excluding hydrogens is 328 g/mol. The van der Waals surface area contributed by atoms with Gasteiger partial charge in [-0.25, -0.2) is 9.59 Å². The molecule has 0 radical (unpaired) electrons. The molecule has 1 aromatic carbocycles. The average molecular weight is 350 g/mol. The molecule has 0 spiro atoms. The van der Waals surface area contributed by atoms with Crippen LogP contribution in [-0.4, -0.2) is 44.6 Å². The minimum absolute atomic E-state index is 0.0112. The van der Waals surface area contributed by atoms with Gasteiger partial charge in [0.2, 0.25) is 5.54 Å². The number of carbonyl (C=O) groups is 2. The lowest BCUT2D eigenvalue weighted by atomic mass is 9.95. The van der Waals surface area contributed by atoms with Crippen molar-refractivity contribution in [2.24, 2.45) is 0 Å². The maximum atomic E-state index is 12.7. The van der Waals surface area contributed by atoms with Gasteiger partial charge >= 0.3 is 11.9 Å². The molecule has 0 amide bonds. The van der Waals surface area contributed by atoms with E-state index >= 15 is 0 Å². The van der Waals surface area contributed by atoms with Gasteiger partial charge < -0.3 is 9.84 Å². The Bertz CT molecular complexity index is 697. The molecule has 8 nitrogen and oxygen atoms in total. The zero-order chi connectivity index (χ0) is 18.8. The second-order valence-electron chi connectivity index (χ2n) is 7.08. The van der Waals surface area contributed by atoms with Gasteiger partial charge in [0.25, 0.3) is 5.69 Å². The second-order valence-corrected chi connectivity index (χ2v) is 7.08. The van der Waals surface area contributed by atoms with Crippen molar-refractivity contribution in [1.29, 1.82) is 0 Å². The predicted molar refractivity (Wildman–Crippen MR) is 89.0 cm³/mol. The summed E-state index contributed by atoms with van der Waals surface area (Å²) in [4.78, 5) is 36.8. The lowest BCUT2D eigenvalue weighted by molar-refractivity contribution is -0.385. The van der Waals surface area contributed by atoms with Crippen LogP contribution in [0.3, 0.4) is 0 Å². The molecule has 2 rings (SSSR count). The maximum Gasteiger partial charge on any atom is 0.338 e. The molecule has 0 unspecified atom stereocenters. The number of hydrogen-bond acceptors (Lipinski definition) is 6. The van der Waals surface area contributed by atoms with Gasteiger partial charge in [-0.15, -0.1) is 0 Å². The molecule has 136 valence electrons. The van der Waals surface area contributed by atoms with Gasteiger partial charge in [-0.05, 0) is 33.6 Å². The molecule has 0 aromatic heterocycles. The Labute approximate surface area is 145 Å². The van der Waals surface area contributed by atoms with Gasteiger partial charge in [-0.3, -0.25) is 15.0 Å². The minimum atomic E-state index is -1.82. The summed E-state index contributed by atoms with van der Waals surface area (Å²) in [5, 5.41) is 21.0. The zero-order valence-electron chi connectivity index (χ0n) is 14.5. The number of benzene rings is 1. The average Bonchev–Trinajstić information content (AvgIpc) is 2.90. The van der Waals surface area contributed by atoms with Gasteiger partial charge in [-0.2, -0.15) is 0 Å². The maximum absolute atomic E-state index is 12.7. The fourth-order valence-corrected chi connectivity index (χ4v) is 3.04. The molecular formula is C17H22N2O6. The summed E-state index contributed by atoms with van der Waals surface area (Å²) in [7, 11) is 0. The normalized spacial score (nSPS) is 21.1. The van der Waals surface area contributed by atoms with Gasteiger partial charge in [0.1, 0.15) is 5.60 Å². The number of hydrogen-bond donors (Lipinski definition) is 1. The molecule has 0 saturated carbocycles. The van der Waals surface area contributed by atoms with E-state index in [4.69, 9.17) is 4.74 Å². The number of para-hydroxylation sites is 1. The quantitative estimate of drug-likeness (QED) is 0.375. The number of nitro benzene ring substituents is 1. The molecule has 1 heterocycles. The number of ether oxygens (including phenoxy) is 1. The molecule has 1 N–H and O–H groups in total. The van der Waals surface area contributed by atoms with E-state index in [1.165, 1.54) is 11.0 Å². The highest BCUT2D eigenvalue weighted by Crippen LogP contribution is 2.35. The third kappa shape index (κ3) is 3.79. The van der Waals surface area contributed by atoms with Crippen LogP contribution in [0.1, 0.15) is 39.2 Å². The standard InChI is InChI=1S/C17H22N2O6/c1-16(2,3)25-15(22)17(14(20)21)9-6-10-18(17)11-12-7-4-5-8-13(12)19(23)24/h4-5,7-8H,6,9-11H2,1-3H3,(H,20,21)/t17-/m1/s1. The van der Waals surface area contributed by atoms with E-state index in [1.807, 2.05) is 0 Å². The van der Waals surface area contributed by atoms with Crippen LogP contribution >= 0.6 is 0 Å². The zero-order valence-corrected chi connectivity index (χ0v) is 14.5. The third-order valence-electron chi connectivity index (χ3n) is 4.15. The van der Waals surface area contributed by atoms with Crippen LogP contribution in [0, 0.1) is 10.1 Å². The third-order valence-corrected chi connectivity index (χ3v) is 4.15. The van der Waals surface area contributed by atoms with Crippen molar-refractivity contribution in [3.05, 3.63) is 39.9 Å². The van der Waals surface area contributed by atoms with Crippen molar-refractivity contribution in [3.8, 4) is 0 Å². The SMILES string of the molecule is CC(C)(C)OC(=O)[C@]1(C(=O)O)CCCN1Cc1ccccc1[N+](=O)[O-]. The first-order valence-corrected chi connectivity index (χ1v) is 8.02. The van der Waals surface area contributed by atoms with Crippen LogP contribution in [0.25, 0.3) is 0 Å². The predicted octanol–water partition coefficient (Wildman–Crippen LogP) is 2.36. The number of esters is 1. The molecule has 1 saturated heterocycles. The van der Waals surface area contributed by atoms with Crippen LogP contribution in [0.4, 0.5) is 5.69 Å². The molecule has 25 heavy (non-hydrogen) atoms. The van der Waals surface area contributed by atoms with Crippen LogP contribution in [0.15, 0.2) is 24.3 Å². The Morgan fingerprint density at radius 2 is 2.00 bits per heavy atom. The largest absolute Gasteiger partial charge is 0.479 e. The number of carboxylic acids is 1. The van der Waals surface area contributed by atoms with E-state index in [0.29, 0.717) is 18.5 Å². The van der Waals surface area contributed by atoms with Crippen molar-refractivity contribution >= 4 is 17.6 Å². The van der Waals surface area contributed by atoms with Crippen molar-refractivity contribution in [1.82, 2.24) is 4.90 Å². The van der Waals surface area contributed by atoms with Crippen LogP contribution in [-0.2, 0) is 20.9 Å². The Morgan fingerprint density at radius 3 is 2.56 bits per heavy atom. The Kier molecular flexibility index (Phi) is 5.12. The topological polar surface area (TPSA) is 110 Å². The molecule has 8 heteroatoms. The van der Waals surface area contributed by atoms with E-state index in [-0.39, 0.29) is 18.7 Å². The summed E-state index contributed by atoms with van der Waals surface area (Å²) in [6.07, 6.45) is 0.601. The highest BCUT2D eigenvalue weighted by atomic mass is 16.6. The lowest BCUT2D eigenvalue weighted by Gasteiger charge is -2.34. The van der Waals surface area contributed by atoms with Gasteiger partial charge in [0, 0.05) is 24.7 Å². The summed E-state index contributed by atoms with van der Waals surface area (Å²) in [6, 6.07) is 6.12. The first kappa shape index (κ1) is 18.9.